The molecule has 1 rings (SSSR count). The molecule has 1 atom stereocenters. The lowest BCUT2D eigenvalue weighted by molar-refractivity contribution is 0.535. The molecule has 0 aliphatic heterocycles. The van der Waals surface area contributed by atoms with Gasteiger partial charge in [0.05, 0.1) is 0 Å². The van der Waals surface area contributed by atoms with Crippen molar-refractivity contribution in [2.75, 3.05) is 6.54 Å². The molecule has 0 spiro atoms. The summed E-state index contributed by atoms with van der Waals surface area (Å²) in [7, 11) is 0. The van der Waals surface area contributed by atoms with Gasteiger partial charge >= 0.3 is 0 Å². The minimum Gasteiger partial charge on any atom is -0.330 e. The second kappa shape index (κ2) is 9.20. The topological polar surface area (TPSA) is 52.0 Å². The Bertz CT molecular complexity index is 272. The van der Waals surface area contributed by atoms with Crippen molar-refractivity contribution < 1.29 is 0 Å². The molecule has 0 radical (unpaired) electrons. The maximum Gasteiger partial charge on any atom is 0.00793 e. The molecule has 1 aromatic rings. The van der Waals surface area contributed by atoms with Gasteiger partial charge in [0.1, 0.15) is 0 Å². The summed E-state index contributed by atoms with van der Waals surface area (Å²) in [6.45, 7) is 0.827. The minimum absolute atomic E-state index is 0.312. The van der Waals surface area contributed by atoms with Gasteiger partial charge in [-0.2, -0.15) is 0 Å². The Hall–Kier alpha value is -0.860. The Kier molecular flexibility index (Phi) is 7.69. The fourth-order valence-electron chi connectivity index (χ4n) is 2.10. The number of hydrogen-bond donors (Lipinski definition) is 2. The monoisotopic (exact) mass is 234 g/mol. The molecule has 0 amide bonds. The first-order valence-electron chi connectivity index (χ1n) is 6.82. The zero-order chi connectivity index (χ0) is 12.3. The normalized spacial score (nSPS) is 12.6. The van der Waals surface area contributed by atoms with Crippen LogP contribution in [-0.4, -0.2) is 12.6 Å². The molecule has 1 aromatic carbocycles. The fraction of sp³-hybridized carbons (Fsp3) is 0.600. The zero-order valence-electron chi connectivity index (χ0n) is 10.8. The summed E-state index contributed by atoms with van der Waals surface area (Å²) < 4.78 is 0. The van der Waals surface area contributed by atoms with Gasteiger partial charge in [0, 0.05) is 6.04 Å². The van der Waals surface area contributed by atoms with Crippen molar-refractivity contribution >= 4 is 0 Å². The Morgan fingerprint density at radius 1 is 0.882 bits per heavy atom. The standard InChI is InChI=1S/C15H26N2/c16-12-8-3-1-2-7-11-15(17)13-14-9-5-4-6-10-14/h4-6,9-10,15H,1-3,7-8,11-13,16-17H2. The van der Waals surface area contributed by atoms with E-state index in [0.717, 1.165) is 25.8 Å². The van der Waals surface area contributed by atoms with E-state index < -0.39 is 0 Å². The number of nitrogens with two attached hydrogens (primary N) is 2. The van der Waals surface area contributed by atoms with Crippen molar-refractivity contribution in [1.82, 2.24) is 0 Å². The van der Waals surface area contributed by atoms with Gasteiger partial charge < -0.3 is 11.5 Å². The third-order valence-corrected chi connectivity index (χ3v) is 3.12. The molecule has 0 fully saturated rings. The van der Waals surface area contributed by atoms with E-state index in [1.165, 1.54) is 31.2 Å². The van der Waals surface area contributed by atoms with Gasteiger partial charge in [-0.3, -0.25) is 0 Å². The molecule has 0 aliphatic carbocycles. The molecular formula is C15H26N2. The minimum atomic E-state index is 0.312. The van der Waals surface area contributed by atoms with E-state index in [0.29, 0.717) is 6.04 Å². The maximum atomic E-state index is 6.13. The highest BCUT2D eigenvalue weighted by molar-refractivity contribution is 5.15. The van der Waals surface area contributed by atoms with Crippen LogP contribution in [0, 0.1) is 0 Å². The quantitative estimate of drug-likeness (QED) is 0.646. The third kappa shape index (κ3) is 7.14. The lowest BCUT2D eigenvalue weighted by Gasteiger charge is -2.11. The van der Waals surface area contributed by atoms with Crippen LogP contribution in [0.1, 0.15) is 44.1 Å². The Morgan fingerprint density at radius 3 is 2.24 bits per heavy atom. The maximum absolute atomic E-state index is 6.13. The van der Waals surface area contributed by atoms with E-state index in [1.54, 1.807) is 0 Å². The zero-order valence-corrected chi connectivity index (χ0v) is 10.8. The molecule has 0 bridgehead atoms. The van der Waals surface area contributed by atoms with Crippen molar-refractivity contribution in [2.24, 2.45) is 11.5 Å². The van der Waals surface area contributed by atoms with Crippen LogP contribution in [0.3, 0.4) is 0 Å². The van der Waals surface area contributed by atoms with E-state index in [-0.39, 0.29) is 0 Å². The average Bonchev–Trinajstić information content (AvgIpc) is 2.35. The second-order valence-electron chi connectivity index (χ2n) is 4.79. The molecule has 4 N–H and O–H groups in total. The fourth-order valence-corrected chi connectivity index (χ4v) is 2.10. The molecule has 2 nitrogen and oxygen atoms in total. The molecule has 96 valence electrons. The molecule has 17 heavy (non-hydrogen) atoms. The van der Waals surface area contributed by atoms with Gasteiger partial charge in [-0.05, 0) is 31.4 Å². The molecule has 0 heterocycles. The van der Waals surface area contributed by atoms with E-state index in [1.807, 2.05) is 6.07 Å². The van der Waals surface area contributed by atoms with E-state index in [2.05, 4.69) is 24.3 Å². The van der Waals surface area contributed by atoms with Crippen molar-refractivity contribution in [3.63, 3.8) is 0 Å². The number of unbranched alkanes of at least 4 members (excludes halogenated alkanes) is 4. The molecule has 2 heteroatoms. The smallest absolute Gasteiger partial charge is 0.00793 e. The summed E-state index contributed by atoms with van der Waals surface area (Å²) in [5, 5.41) is 0. The van der Waals surface area contributed by atoms with Crippen molar-refractivity contribution in [1.29, 1.82) is 0 Å². The van der Waals surface area contributed by atoms with Gasteiger partial charge in [0.2, 0.25) is 0 Å². The van der Waals surface area contributed by atoms with Gasteiger partial charge in [-0.1, -0.05) is 56.0 Å². The molecule has 0 saturated heterocycles. The first-order valence-corrected chi connectivity index (χ1v) is 6.82. The summed E-state index contributed by atoms with van der Waals surface area (Å²) >= 11 is 0. The van der Waals surface area contributed by atoms with Crippen LogP contribution in [0.25, 0.3) is 0 Å². The predicted octanol–water partition coefficient (Wildman–Crippen LogP) is 2.86. The summed E-state index contributed by atoms with van der Waals surface area (Å²) in [5.41, 5.74) is 12.9. The van der Waals surface area contributed by atoms with Crippen molar-refractivity contribution in [3.05, 3.63) is 35.9 Å². The first kappa shape index (κ1) is 14.2. The number of rotatable bonds is 9. The van der Waals surface area contributed by atoms with Gasteiger partial charge in [0.25, 0.3) is 0 Å². The average molecular weight is 234 g/mol. The van der Waals surface area contributed by atoms with Gasteiger partial charge in [-0.15, -0.1) is 0 Å². The summed E-state index contributed by atoms with van der Waals surface area (Å²) in [5.74, 6) is 0. The van der Waals surface area contributed by atoms with Crippen LogP contribution in [0.2, 0.25) is 0 Å². The summed E-state index contributed by atoms with van der Waals surface area (Å²) in [6, 6.07) is 10.8. The predicted molar refractivity (Wildman–Crippen MR) is 74.9 cm³/mol. The lowest BCUT2D eigenvalue weighted by atomic mass is 10.0. The van der Waals surface area contributed by atoms with Crippen molar-refractivity contribution in [2.45, 2.75) is 51.0 Å². The first-order chi connectivity index (χ1) is 8.33. The summed E-state index contributed by atoms with van der Waals surface area (Å²) in [4.78, 5) is 0. The molecule has 0 aromatic heterocycles. The Balaban J connectivity index is 2.03. The molecule has 0 saturated carbocycles. The molecule has 0 aliphatic rings. The summed E-state index contributed by atoms with van der Waals surface area (Å²) in [6.07, 6.45) is 8.41. The highest BCUT2D eigenvalue weighted by Gasteiger charge is 2.03. The lowest BCUT2D eigenvalue weighted by Crippen LogP contribution is -2.22. The highest BCUT2D eigenvalue weighted by atomic mass is 14.6. The molecular weight excluding hydrogens is 208 g/mol. The van der Waals surface area contributed by atoms with E-state index in [9.17, 15) is 0 Å². The Labute approximate surface area is 105 Å². The van der Waals surface area contributed by atoms with Crippen LogP contribution in [0.4, 0.5) is 0 Å². The van der Waals surface area contributed by atoms with Crippen LogP contribution < -0.4 is 11.5 Å². The second-order valence-corrected chi connectivity index (χ2v) is 4.79. The van der Waals surface area contributed by atoms with Crippen LogP contribution in [-0.2, 0) is 6.42 Å². The molecule has 1 unspecified atom stereocenters. The van der Waals surface area contributed by atoms with Crippen LogP contribution >= 0.6 is 0 Å². The SMILES string of the molecule is NCCCCCCCC(N)Cc1ccccc1. The van der Waals surface area contributed by atoms with E-state index >= 15 is 0 Å². The van der Waals surface area contributed by atoms with Gasteiger partial charge in [0.15, 0.2) is 0 Å². The number of hydrogen-bond acceptors (Lipinski definition) is 2. The Morgan fingerprint density at radius 2 is 1.53 bits per heavy atom. The third-order valence-electron chi connectivity index (χ3n) is 3.12. The largest absolute Gasteiger partial charge is 0.330 e. The van der Waals surface area contributed by atoms with E-state index in [4.69, 9.17) is 11.5 Å². The van der Waals surface area contributed by atoms with Crippen LogP contribution in [0.5, 0.6) is 0 Å². The van der Waals surface area contributed by atoms with Crippen molar-refractivity contribution in [3.8, 4) is 0 Å². The number of benzene rings is 1. The van der Waals surface area contributed by atoms with Crippen LogP contribution in [0.15, 0.2) is 30.3 Å². The van der Waals surface area contributed by atoms with Gasteiger partial charge in [-0.25, -0.2) is 0 Å². The highest BCUT2D eigenvalue weighted by Crippen LogP contribution is 2.09.